The number of hydrogen-bond donors (Lipinski definition) is 3. The van der Waals surface area contributed by atoms with Crippen LogP contribution in [0.1, 0.15) is 49.2 Å². The fourth-order valence-corrected chi connectivity index (χ4v) is 4.44. The highest BCUT2D eigenvalue weighted by Crippen LogP contribution is 2.30. The van der Waals surface area contributed by atoms with Crippen LogP contribution in [0.25, 0.3) is 0 Å². The molecule has 1 fully saturated rings. The summed E-state index contributed by atoms with van der Waals surface area (Å²) in [5, 5.41) is 7.96. The van der Waals surface area contributed by atoms with Gasteiger partial charge in [-0.15, -0.1) is 0 Å². The van der Waals surface area contributed by atoms with Gasteiger partial charge in [-0.05, 0) is 17.9 Å². The topological polar surface area (TPSA) is 175 Å². The van der Waals surface area contributed by atoms with Gasteiger partial charge >= 0.3 is 13.1 Å². The van der Waals surface area contributed by atoms with Crippen LogP contribution in [0.4, 0.5) is 0 Å². The molecule has 13 nitrogen and oxygen atoms in total. The van der Waals surface area contributed by atoms with Crippen LogP contribution in [0, 0.1) is 5.92 Å². The van der Waals surface area contributed by atoms with E-state index < -0.39 is 67.2 Å². The minimum absolute atomic E-state index is 0.0127. The van der Waals surface area contributed by atoms with Gasteiger partial charge in [0.15, 0.2) is 5.60 Å². The van der Waals surface area contributed by atoms with Crippen molar-refractivity contribution in [3.05, 3.63) is 60.2 Å². The molecule has 0 spiro atoms. The largest absolute Gasteiger partial charge is 0.552 e. The van der Waals surface area contributed by atoms with Gasteiger partial charge in [-0.3, -0.25) is 29.0 Å². The number of esters is 1. The van der Waals surface area contributed by atoms with Crippen molar-refractivity contribution >= 4 is 36.8 Å². The molecule has 0 bridgehead atoms. The number of nitrogens with zero attached hydrogens (tertiary/aromatic N) is 2. The predicted molar refractivity (Wildman–Crippen MR) is 146 cm³/mol. The molecule has 1 aliphatic rings. The number of aromatic nitrogens is 2. The van der Waals surface area contributed by atoms with Gasteiger partial charge in [-0.2, -0.15) is 0 Å². The van der Waals surface area contributed by atoms with Crippen molar-refractivity contribution in [1.29, 1.82) is 0 Å². The first-order valence-electron chi connectivity index (χ1n) is 13.1. The number of rotatable bonds is 12. The zero-order valence-electron chi connectivity index (χ0n) is 23.4. The fraction of sp³-hybridized carbons (Fsp3) is 0.444. The van der Waals surface area contributed by atoms with Crippen LogP contribution in [-0.4, -0.2) is 78.5 Å². The number of amides is 3. The Hall–Kier alpha value is -4.33. The molecule has 1 aromatic heterocycles. The van der Waals surface area contributed by atoms with E-state index in [2.05, 4.69) is 25.9 Å². The van der Waals surface area contributed by atoms with Crippen LogP contribution in [0.15, 0.2) is 48.9 Å². The van der Waals surface area contributed by atoms with E-state index >= 15 is 0 Å². The van der Waals surface area contributed by atoms with Gasteiger partial charge in [-0.1, -0.05) is 44.2 Å². The summed E-state index contributed by atoms with van der Waals surface area (Å²) in [5.74, 6) is -4.39. The summed E-state index contributed by atoms with van der Waals surface area (Å²) in [6, 6.07) is 8.03. The van der Waals surface area contributed by atoms with E-state index in [0.717, 1.165) is 12.7 Å². The molecule has 218 valence electrons. The van der Waals surface area contributed by atoms with E-state index in [1.807, 2.05) is 44.2 Å². The first-order valence-corrected chi connectivity index (χ1v) is 13.1. The van der Waals surface area contributed by atoms with Crippen LogP contribution in [0.2, 0.25) is 0 Å². The molecule has 3 rings (SSSR count). The van der Waals surface area contributed by atoms with Gasteiger partial charge in [0.25, 0.3) is 17.8 Å². The second kappa shape index (κ2) is 14.3. The zero-order chi connectivity index (χ0) is 30.0. The average Bonchev–Trinajstić information content (AvgIpc) is 2.96. The van der Waals surface area contributed by atoms with E-state index in [9.17, 15) is 24.0 Å². The summed E-state index contributed by atoms with van der Waals surface area (Å²) < 4.78 is 16.2. The number of nitrogens with one attached hydrogen (secondary N) is 3. The first-order chi connectivity index (χ1) is 19.6. The lowest BCUT2D eigenvalue weighted by Gasteiger charge is -2.39. The lowest BCUT2D eigenvalue weighted by Crippen LogP contribution is -2.64. The van der Waals surface area contributed by atoms with E-state index in [1.54, 1.807) is 0 Å². The Kier molecular flexibility index (Phi) is 10.9. The molecule has 1 saturated heterocycles. The van der Waals surface area contributed by atoms with E-state index in [1.165, 1.54) is 25.6 Å². The van der Waals surface area contributed by atoms with E-state index in [4.69, 9.17) is 14.0 Å². The summed E-state index contributed by atoms with van der Waals surface area (Å²) >= 11 is 0. The number of carbonyl (C=O) groups is 5. The molecule has 14 heteroatoms. The van der Waals surface area contributed by atoms with Crippen LogP contribution in [-0.2, 0) is 39.6 Å². The third-order valence-electron chi connectivity index (χ3n) is 6.40. The lowest BCUT2D eigenvalue weighted by atomic mass is 9.70. The third kappa shape index (κ3) is 8.58. The molecule has 1 aliphatic heterocycles. The third-order valence-corrected chi connectivity index (χ3v) is 6.40. The molecular weight excluding hydrogens is 533 g/mol. The van der Waals surface area contributed by atoms with Gasteiger partial charge in [0.2, 0.25) is 5.91 Å². The van der Waals surface area contributed by atoms with Crippen molar-refractivity contribution in [3.63, 3.8) is 0 Å². The van der Waals surface area contributed by atoms with Crippen molar-refractivity contribution in [2.75, 3.05) is 14.2 Å². The predicted octanol–water partition coefficient (Wildman–Crippen LogP) is 0.387. The highest BCUT2D eigenvalue weighted by atomic mass is 16.6. The SMILES string of the molecule is CNC(=O)[C@]1(CC(=O)OC)CC(=O)OB([C@H](CC(C)C)NC(=O)[C@H](Cc2ccccc2)NC(=O)c2cnccn2)O1. The van der Waals surface area contributed by atoms with Crippen molar-refractivity contribution in [2.24, 2.45) is 5.92 Å². The van der Waals surface area contributed by atoms with E-state index in [0.29, 0.717) is 0 Å². The molecule has 3 N–H and O–H groups in total. The van der Waals surface area contributed by atoms with Crippen molar-refractivity contribution in [3.8, 4) is 0 Å². The minimum Gasteiger partial charge on any atom is -0.508 e. The Morgan fingerprint density at radius 3 is 2.46 bits per heavy atom. The number of ether oxygens (including phenoxy) is 1. The second-order valence-electron chi connectivity index (χ2n) is 10.0. The first kappa shape index (κ1) is 31.2. The van der Waals surface area contributed by atoms with Gasteiger partial charge in [0, 0.05) is 25.9 Å². The Labute approximate surface area is 238 Å². The zero-order valence-corrected chi connectivity index (χ0v) is 23.4. The summed E-state index contributed by atoms with van der Waals surface area (Å²) in [4.78, 5) is 72.2. The number of benzene rings is 1. The molecule has 0 unspecified atom stereocenters. The summed E-state index contributed by atoms with van der Waals surface area (Å²) in [6.07, 6.45) is 3.43. The molecule has 0 aliphatic carbocycles. The fourth-order valence-electron chi connectivity index (χ4n) is 4.44. The molecule has 2 heterocycles. The number of hydrogen-bond acceptors (Lipinski definition) is 10. The second-order valence-corrected chi connectivity index (χ2v) is 10.0. The lowest BCUT2D eigenvalue weighted by molar-refractivity contribution is -0.165. The summed E-state index contributed by atoms with van der Waals surface area (Å²) in [6.45, 7) is 3.78. The summed E-state index contributed by atoms with van der Waals surface area (Å²) in [7, 11) is 1.10. The number of carbonyl (C=O) groups excluding carboxylic acids is 5. The van der Waals surface area contributed by atoms with Crippen LogP contribution in [0.5, 0.6) is 0 Å². The quantitative estimate of drug-likeness (QED) is 0.240. The highest BCUT2D eigenvalue weighted by molar-refractivity contribution is 6.50. The maximum Gasteiger partial charge on any atom is 0.552 e. The van der Waals surface area contributed by atoms with E-state index in [-0.39, 0.29) is 24.5 Å². The molecule has 41 heavy (non-hydrogen) atoms. The Morgan fingerprint density at radius 2 is 1.85 bits per heavy atom. The maximum atomic E-state index is 13.7. The van der Waals surface area contributed by atoms with Crippen molar-refractivity contribution < 1.29 is 38.0 Å². The molecule has 0 saturated carbocycles. The average molecular weight is 567 g/mol. The van der Waals surface area contributed by atoms with Gasteiger partial charge in [0.05, 0.1) is 32.1 Å². The highest BCUT2D eigenvalue weighted by Gasteiger charge is 2.54. The van der Waals surface area contributed by atoms with Gasteiger partial charge < -0.3 is 30.0 Å². The molecular formula is C27H34BN5O8. The smallest absolute Gasteiger partial charge is 0.508 e. The van der Waals surface area contributed by atoms with Crippen LogP contribution >= 0.6 is 0 Å². The Balaban J connectivity index is 1.89. The maximum absolute atomic E-state index is 13.7. The number of likely N-dealkylation sites (N-methyl/N-ethyl adjacent to an activating group) is 1. The van der Waals surface area contributed by atoms with Crippen LogP contribution in [0.3, 0.4) is 0 Å². The van der Waals surface area contributed by atoms with Crippen molar-refractivity contribution in [1.82, 2.24) is 25.9 Å². The molecule has 3 amide bonds. The normalized spacial score (nSPS) is 18.1. The van der Waals surface area contributed by atoms with Gasteiger partial charge in [-0.25, -0.2) is 4.98 Å². The Bertz CT molecular complexity index is 1230. The number of methoxy groups -OCH3 is 1. The monoisotopic (exact) mass is 567 g/mol. The van der Waals surface area contributed by atoms with Gasteiger partial charge in [0.1, 0.15) is 11.7 Å². The molecule has 3 atom stereocenters. The standard InChI is InChI=1S/C27H34BN5O8/c1-17(2)12-21(28-40-23(35)15-27(41-28,26(38)29-3)14-22(34)39-4)33-24(36)19(13-18-8-6-5-7-9-18)32-25(37)20-16-30-10-11-31-20/h5-11,16-17,19,21H,12-15H2,1-4H3,(H,29,38)(H,32,37)(H,33,36)/t19-,21-,27-/m0/s1. The van der Waals surface area contributed by atoms with Crippen LogP contribution < -0.4 is 16.0 Å². The minimum atomic E-state index is -1.90. The molecule has 2 aromatic rings. The molecule has 1 aromatic carbocycles. The molecule has 0 radical (unpaired) electrons. The van der Waals surface area contributed by atoms with Crippen molar-refractivity contribution in [2.45, 2.75) is 57.1 Å². The Morgan fingerprint density at radius 1 is 1.12 bits per heavy atom. The summed E-state index contributed by atoms with van der Waals surface area (Å²) in [5.41, 5.74) is -1.09.